The molecule has 0 radical (unpaired) electrons. The standard InChI is InChI=1S/C13H27N/c1-3-4-6-9-12(2)14-13-10-7-5-8-11-13/h12-14H,3-11H2,1-2H3/p+1. The predicted molar refractivity (Wildman–Crippen MR) is 62.4 cm³/mol. The normalized spacial score (nSPS) is 21.0. The van der Waals surface area contributed by atoms with E-state index in [0.717, 1.165) is 12.1 Å². The van der Waals surface area contributed by atoms with Crippen molar-refractivity contribution in [3.05, 3.63) is 0 Å². The summed E-state index contributed by atoms with van der Waals surface area (Å²) in [6, 6.07) is 1.82. The fourth-order valence-electron chi connectivity index (χ4n) is 2.60. The maximum atomic E-state index is 2.65. The first-order valence-corrected chi connectivity index (χ1v) is 6.68. The van der Waals surface area contributed by atoms with Gasteiger partial charge in [0.05, 0.1) is 12.1 Å². The van der Waals surface area contributed by atoms with Crippen molar-refractivity contribution in [2.45, 2.75) is 83.7 Å². The fourth-order valence-corrected chi connectivity index (χ4v) is 2.60. The van der Waals surface area contributed by atoms with Crippen molar-refractivity contribution in [2.75, 3.05) is 0 Å². The minimum atomic E-state index is 0.865. The summed E-state index contributed by atoms with van der Waals surface area (Å²) in [6.45, 7) is 4.69. The molecule has 1 aliphatic carbocycles. The highest BCUT2D eigenvalue weighted by Gasteiger charge is 2.18. The summed E-state index contributed by atoms with van der Waals surface area (Å²) in [5.41, 5.74) is 0. The molecule has 0 aliphatic heterocycles. The molecule has 0 aromatic rings. The van der Waals surface area contributed by atoms with Crippen LogP contribution in [0.1, 0.15) is 71.6 Å². The average Bonchev–Trinajstić information content (AvgIpc) is 2.20. The van der Waals surface area contributed by atoms with Gasteiger partial charge in [0, 0.05) is 0 Å². The van der Waals surface area contributed by atoms with E-state index in [1.54, 1.807) is 0 Å². The second kappa shape index (κ2) is 7.28. The number of hydrogen-bond acceptors (Lipinski definition) is 0. The third-order valence-corrected chi connectivity index (χ3v) is 3.51. The summed E-state index contributed by atoms with van der Waals surface area (Å²) in [5.74, 6) is 0. The summed E-state index contributed by atoms with van der Waals surface area (Å²) in [7, 11) is 0. The SMILES string of the molecule is CCCCCC(C)[NH2+]C1CCCCC1. The molecule has 1 saturated carbocycles. The van der Waals surface area contributed by atoms with Crippen molar-refractivity contribution >= 4 is 0 Å². The second-order valence-corrected chi connectivity index (χ2v) is 5.06. The van der Waals surface area contributed by atoms with E-state index in [1.165, 1.54) is 57.8 Å². The molecule has 84 valence electrons. The van der Waals surface area contributed by atoms with Crippen molar-refractivity contribution in [1.82, 2.24) is 0 Å². The first kappa shape index (κ1) is 12.0. The largest absolute Gasteiger partial charge is 0.342 e. The van der Waals surface area contributed by atoms with Gasteiger partial charge in [-0.1, -0.05) is 26.2 Å². The van der Waals surface area contributed by atoms with Gasteiger partial charge in [-0.25, -0.2) is 0 Å². The Labute approximate surface area is 89.7 Å². The van der Waals surface area contributed by atoms with E-state index in [0.29, 0.717) is 0 Å². The molecule has 0 aromatic carbocycles. The lowest BCUT2D eigenvalue weighted by molar-refractivity contribution is -0.721. The second-order valence-electron chi connectivity index (χ2n) is 5.06. The van der Waals surface area contributed by atoms with Gasteiger partial charge in [-0.05, 0) is 45.4 Å². The molecule has 14 heavy (non-hydrogen) atoms. The zero-order valence-corrected chi connectivity index (χ0v) is 10.1. The highest BCUT2D eigenvalue weighted by atomic mass is 14.9. The van der Waals surface area contributed by atoms with Crippen LogP contribution in [0.25, 0.3) is 0 Å². The lowest BCUT2D eigenvalue weighted by Crippen LogP contribution is -2.94. The molecule has 0 bridgehead atoms. The van der Waals surface area contributed by atoms with E-state index in [-0.39, 0.29) is 0 Å². The van der Waals surface area contributed by atoms with Crippen LogP contribution in [-0.4, -0.2) is 12.1 Å². The highest BCUT2D eigenvalue weighted by Crippen LogP contribution is 2.15. The van der Waals surface area contributed by atoms with Crippen LogP contribution in [0.4, 0.5) is 0 Å². The van der Waals surface area contributed by atoms with Crippen LogP contribution in [0.3, 0.4) is 0 Å². The monoisotopic (exact) mass is 198 g/mol. The van der Waals surface area contributed by atoms with Crippen molar-refractivity contribution in [1.29, 1.82) is 0 Å². The number of quaternary nitrogens is 1. The Kier molecular flexibility index (Phi) is 6.25. The smallest absolute Gasteiger partial charge is 0.0861 e. The number of unbranched alkanes of at least 4 members (excludes halogenated alkanes) is 2. The van der Waals surface area contributed by atoms with Crippen LogP contribution in [-0.2, 0) is 0 Å². The first-order valence-electron chi connectivity index (χ1n) is 6.68. The van der Waals surface area contributed by atoms with Crippen molar-refractivity contribution in [2.24, 2.45) is 0 Å². The molecule has 0 amide bonds. The van der Waals surface area contributed by atoms with Crippen LogP contribution in [0.5, 0.6) is 0 Å². The topological polar surface area (TPSA) is 16.6 Å². The van der Waals surface area contributed by atoms with E-state index in [9.17, 15) is 0 Å². The molecule has 0 aromatic heterocycles. The summed E-state index contributed by atoms with van der Waals surface area (Å²) >= 11 is 0. The van der Waals surface area contributed by atoms with E-state index in [2.05, 4.69) is 19.2 Å². The molecule has 1 rings (SSSR count). The quantitative estimate of drug-likeness (QED) is 0.632. The van der Waals surface area contributed by atoms with Crippen LogP contribution < -0.4 is 5.32 Å². The molecule has 0 spiro atoms. The van der Waals surface area contributed by atoms with Gasteiger partial charge in [-0.3, -0.25) is 0 Å². The molecular formula is C13H28N+. The number of rotatable bonds is 6. The minimum Gasteiger partial charge on any atom is -0.342 e. The molecule has 2 N–H and O–H groups in total. The van der Waals surface area contributed by atoms with E-state index >= 15 is 0 Å². The molecule has 0 heterocycles. The van der Waals surface area contributed by atoms with Gasteiger partial charge in [0.2, 0.25) is 0 Å². The van der Waals surface area contributed by atoms with E-state index in [1.807, 2.05) is 0 Å². The summed E-state index contributed by atoms with van der Waals surface area (Å²) in [6.07, 6.45) is 13.0. The zero-order valence-electron chi connectivity index (χ0n) is 10.1. The summed E-state index contributed by atoms with van der Waals surface area (Å²) < 4.78 is 0. The highest BCUT2D eigenvalue weighted by molar-refractivity contribution is 4.63. The fraction of sp³-hybridized carbons (Fsp3) is 1.00. The van der Waals surface area contributed by atoms with Gasteiger partial charge < -0.3 is 5.32 Å². The third kappa shape index (κ3) is 4.99. The van der Waals surface area contributed by atoms with Gasteiger partial charge in [0.25, 0.3) is 0 Å². The molecule has 1 fully saturated rings. The van der Waals surface area contributed by atoms with Crippen LogP contribution >= 0.6 is 0 Å². The lowest BCUT2D eigenvalue weighted by Gasteiger charge is -2.23. The maximum Gasteiger partial charge on any atom is 0.0861 e. The Morgan fingerprint density at radius 2 is 1.86 bits per heavy atom. The molecule has 1 unspecified atom stereocenters. The Hall–Kier alpha value is -0.0400. The predicted octanol–water partition coefficient (Wildman–Crippen LogP) is 2.85. The maximum absolute atomic E-state index is 2.65. The Morgan fingerprint density at radius 3 is 2.50 bits per heavy atom. The van der Waals surface area contributed by atoms with Gasteiger partial charge in [0.1, 0.15) is 0 Å². The molecule has 1 nitrogen and oxygen atoms in total. The van der Waals surface area contributed by atoms with Gasteiger partial charge in [-0.15, -0.1) is 0 Å². The molecule has 1 aliphatic rings. The Morgan fingerprint density at radius 1 is 1.14 bits per heavy atom. The average molecular weight is 198 g/mol. The number of nitrogens with two attached hydrogens (primary N) is 1. The van der Waals surface area contributed by atoms with Crippen LogP contribution in [0.15, 0.2) is 0 Å². The van der Waals surface area contributed by atoms with E-state index in [4.69, 9.17) is 0 Å². The first-order chi connectivity index (χ1) is 6.83. The van der Waals surface area contributed by atoms with Crippen molar-refractivity contribution in [3.63, 3.8) is 0 Å². The van der Waals surface area contributed by atoms with E-state index < -0.39 is 0 Å². The lowest BCUT2D eigenvalue weighted by atomic mass is 9.94. The van der Waals surface area contributed by atoms with Crippen molar-refractivity contribution < 1.29 is 5.32 Å². The van der Waals surface area contributed by atoms with Crippen molar-refractivity contribution in [3.8, 4) is 0 Å². The summed E-state index contributed by atoms with van der Waals surface area (Å²) in [5, 5.41) is 2.65. The Bertz CT molecular complexity index is 127. The molecule has 1 atom stereocenters. The zero-order chi connectivity index (χ0) is 10.2. The Balaban J connectivity index is 2.03. The number of hydrogen-bond donors (Lipinski definition) is 1. The van der Waals surface area contributed by atoms with Gasteiger partial charge in [0.15, 0.2) is 0 Å². The third-order valence-electron chi connectivity index (χ3n) is 3.51. The van der Waals surface area contributed by atoms with Gasteiger partial charge >= 0.3 is 0 Å². The van der Waals surface area contributed by atoms with Crippen LogP contribution in [0.2, 0.25) is 0 Å². The minimum absolute atomic E-state index is 0.865. The molecule has 1 heteroatoms. The summed E-state index contributed by atoms with van der Waals surface area (Å²) in [4.78, 5) is 0. The van der Waals surface area contributed by atoms with Gasteiger partial charge in [-0.2, -0.15) is 0 Å². The van der Waals surface area contributed by atoms with Crippen LogP contribution in [0, 0.1) is 0 Å². The molecular weight excluding hydrogens is 170 g/mol. The molecule has 0 saturated heterocycles.